The Hall–Kier alpha value is -1.39. The van der Waals surface area contributed by atoms with Crippen LogP contribution in [0.4, 0.5) is 0 Å². The summed E-state index contributed by atoms with van der Waals surface area (Å²) < 4.78 is 6.08. The third-order valence-corrected chi connectivity index (χ3v) is 4.02. The molecule has 0 saturated carbocycles. The van der Waals surface area contributed by atoms with Gasteiger partial charge < -0.3 is 4.74 Å². The predicted molar refractivity (Wildman–Crippen MR) is 78.4 cm³/mol. The zero-order valence-corrected chi connectivity index (χ0v) is 12.1. The second-order valence-corrected chi connectivity index (χ2v) is 5.45. The van der Waals surface area contributed by atoms with Crippen LogP contribution >= 0.6 is 27.3 Å². The first-order chi connectivity index (χ1) is 8.69. The van der Waals surface area contributed by atoms with Crippen molar-refractivity contribution in [2.24, 2.45) is 0 Å². The summed E-state index contributed by atoms with van der Waals surface area (Å²) in [5, 5.41) is 1.98. The molecule has 0 unspecified atom stereocenters. The summed E-state index contributed by atoms with van der Waals surface area (Å²) in [7, 11) is 1.60. The highest BCUT2D eigenvalue weighted by atomic mass is 79.9. The number of halogens is 1. The molecule has 1 aromatic heterocycles. The number of carbonyl (C=O) groups excluding carboxylic acids is 1. The molecule has 2 aromatic rings. The van der Waals surface area contributed by atoms with Gasteiger partial charge in [-0.1, -0.05) is 0 Å². The molecule has 0 aliphatic heterocycles. The number of hydrogen-bond acceptors (Lipinski definition) is 3. The minimum atomic E-state index is -0.0119. The first-order valence-electron chi connectivity index (χ1n) is 5.29. The van der Waals surface area contributed by atoms with Crippen molar-refractivity contribution in [2.45, 2.75) is 0 Å². The van der Waals surface area contributed by atoms with Gasteiger partial charge in [-0.05, 0) is 58.4 Å². The van der Waals surface area contributed by atoms with Gasteiger partial charge in [0.25, 0.3) is 0 Å². The molecule has 0 bridgehead atoms. The van der Waals surface area contributed by atoms with Gasteiger partial charge in [-0.2, -0.15) is 0 Å². The van der Waals surface area contributed by atoms with E-state index >= 15 is 0 Å². The van der Waals surface area contributed by atoms with Gasteiger partial charge in [-0.25, -0.2) is 0 Å². The molecule has 0 fully saturated rings. The molecule has 4 heteroatoms. The SMILES string of the molecule is COc1ccc(C(=O)/C=C/c2cc(Br)cs2)cc1. The van der Waals surface area contributed by atoms with Gasteiger partial charge in [0.05, 0.1) is 7.11 Å². The van der Waals surface area contributed by atoms with Gasteiger partial charge in [-0.15, -0.1) is 11.3 Å². The first-order valence-corrected chi connectivity index (χ1v) is 6.97. The average Bonchev–Trinajstić information content (AvgIpc) is 2.82. The van der Waals surface area contributed by atoms with Crippen LogP contribution in [0.5, 0.6) is 5.75 Å². The van der Waals surface area contributed by atoms with Crippen molar-refractivity contribution >= 4 is 39.1 Å². The van der Waals surface area contributed by atoms with Gasteiger partial charge in [0.2, 0.25) is 0 Å². The Balaban J connectivity index is 2.09. The molecule has 0 amide bonds. The van der Waals surface area contributed by atoms with Crippen LogP contribution in [0.2, 0.25) is 0 Å². The highest BCUT2D eigenvalue weighted by Crippen LogP contribution is 2.21. The Morgan fingerprint density at radius 2 is 2.06 bits per heavy atom. The molecular weight excluding hydrogens is 312 g/mol. The number of carbonyl (C=O) groups is 1. The van der Waals surface area contributed by atoms with E-state index in [-0.39, 0.29) is 5.78 Å². The van der Waals surface area contributed by atoms with Crippen LogP contribution < -0.4 is 4.74 Å². The Bertz CT molecular complexity index is 570. The molecule has 18 heavy (non-hydrogen) atoms. The van der Waals surface area contributed by atoms with Crippen molar-refractivity contribution < 1.29 is 9.53 Å². The summed E-state index contributed by atoms with van der Waals surface area (Å²) in [6.07, 6.45) is 3.40. The maximum atomic E-state index is 11.9. The monoisotopic (exact) mass is 322 g/mol. The minimum absolute atomic E-state index is 0.0119. The number of methoxy groups -OCH3 is 1. The van der Waals surface area contributed by atoms with Gasteiger partial charge >= 0.3 is 0 Å². The molecule has 0 aliphatic rings. The Morgan fingerprint density at radius 1 is 1.33 bits per heavy atom. The number of benzene rings is 1. The molecule has 2 nitrogen and oxygen atoms in total. The number of hydrogen-bond donors (Lipinski definition) is 0. The number of thiophene rings is 1. The summed E-state index contributed by atoms with van der Waals surface area (Å²) in [4.78, 5) is 12.9. The molecule has 0 aliphatic carbocycles. The van der Waals surface area contributed by atoms with E-state index in [1.165, 1.54) is 0 Å². The van der Waals surface area contributed by atoms with E-state index < -0.39 is 0 Å². The quantitative estimate of drug-likeness (QED) is 0.615. The lowest BCUT2D eigenvalue weighted by Gasteiger charge is -1.99. The molecule has 92 valence electrons. The van der Waals surface area contributed by atoms with Gasteiger partial charge in [0, 0.05) is 20.3 Å². The van der Waals surface area contributed by atoms with Crippen molar-refractivity contribution in [1.82, 2.24) is 0 Å². The summed E-state index contributed by atoms with van der Waals surface area (Å²) in [5.74, 6) is 0.736. The van der Waals surface area contributed by atoms with E-state index in [4.69, 9.17) is 4.74 Å². The zero-order valence-electron chi connectivity index (χ0n) is 9.72. The van der Waals surface area contributed by atoms with Crippen molar-refractivity contribution in [3.63, 3.8) is 0 Å². The number of ether oxygens (including phenoxy) is 1. The molecule has 0 saturated heterocycles. The van der Waals surface area contributed by atoms with E-state index in [1.807, 2.05) is 17.5 Å². The maximum absolute atomic E-state index is 11.9. The smallest absolute Gasteiger partial charge is 0.185 e. The van der Waals surface area contributed by atoms with Crippen molar-refractivity contribution in [3.05, 3.63) is 56.7 Å². The maximum Gasteiger partial charge on any atom is 0.185 e. The fourth-order valence-corrected chi connectivity index (χ4v) is 2.76. The Kier molecular flexibility index (Phi) is 4.33. The van der Waals surface area contributed by atoms with Crippen LogP contribution in [-0.4, -0.2) is 12.9 Å². The molecule has 1 aromatic carbocycles. The van der Waals surface area contributed by atoms with Crippen molar-refractivity contribution in [2.75, 3.05) is 7.11 Å². The van der Waals surface area contributed by atoms with Crippen LogP contribution in [0.15, 0.2) is 46.3 Å². The van der Waals surface area contributed by atoms with Crippen LogP contribution in [0.3, 0.4) is 0 Å². The molecular formula is C14H11BrO2S. The molecule has 0 spiro atoms. The summed E-state index contributed by atoms with van der Waals surface area (Å²) in [6, 6.07) is 9.06. The number of allylic oxidation sites excluding steroid dienone is 1. The number of ketones is 1. The summed E-state index contributed by atoms with van der Waals surface area (Å²) >= 11 is 4.96. The van der Waals surface area contributed by atoms with Crippen molar-refractivity contribution in [1.29, 1.82) is 0 Å². The average molecular weight is 323 g/mol. The first kappa shape index (κ1) is 13.1. The lowest BCUT2D eigenvalue weighted by molar-refractivity contribution is 0.104. The third kappa shape index (κ3) is 3.31. The highest BCUT2D eigenvalue weighted by Gasteiger charge is 2.02. The number of rotatable bonds is 4. The van der Waals surface area contributed by atoms with Crippen LogP contribution in [-0.2, 0) is 0 Å². The Labute approximate surface area is 118 Å². The van der Waals surface area contributed by atoms with E-state index in [2.05, 4.69) is 15.9 Å². The zero-order chi connectivity index (χ0) is 13.0. The normalized spacial score (nSPS) is 10.8. The van der Waals surface area contributed by atoms with Crippen LogP contribution in [0.1, 0.15) is 15.2 Å². The van der Waals surface area contributed by atoms with Gasteiger partial charge in [-0.3, -0.25) is 4.79 Å². The third-order valence-electron chi connectivity index (χ3n) is 2.36. The molecule has 2 rings (SSSR count). The minimum Gasteiger partial charge on any atom is -0.497 e. The lowest BCUT2D eigenvalue weighted by Crippen LogP contribution is -1.93. The second-order valence-electron chi connectivity index (χ2n) is 3.59. The molecule has 1 heterocycles. The summed E-state index contributed by atoms with van der Waals surface area (Å²) in [5.41, 5.74) is 0.655. The second kappa shape index (κ2) is 5.98. The van der Waals surface area contributed by atoms with E-state index in [0.29, 0.717) is 5.56 Å². The van der Waals surface area contributed by atoms with Crippen LogP contribution in [0, 0.1) is 0 Å². The Morgan fingerprint density at radius 3 is 2.61 bits per heavy atom. The molecule has 0 radical (unpaired) electrons. The van der Waals surface area contributed by atoms with Gasteiger partial charge in [0.1, 0.15) is 5.75 Å². The fourth-order valence-electron chi connectivity index (χ4n) is 1.43. The van der Waals surface area contributed by atoms with Crippen LogP contribution in [0.25, 0.3) is 6.08 Å². The van der Waals surface area contributed by atoms with E-state index in [0.717, 1.165) is 15.1 Å². The van der Waals surface area contributed by atoms with Gasteiger partial charge in [0.15, 0.2) is 5.78 Å². The largest absolute Gasteiger partial charge is 0.497 e. The standard InChI is InChI=1S/C14H11BrO2S/c1-17-12-4-2-10(3-5-12)14(16)7-6-13-8-11(15)9-18-13/h2-9H,1H3/b7-6+. The fraction of sp³-hybridized carbons (Fsp3) is 0.0714. The molecule has 0 atom stereocenters. The summed E-state index contributed by atoms with van der Waals surface area (Å²) in [6.45, 7) is 0. The lowest BCUT2D eigenvalue weighted by atomic mass is 10.1. The predicted octanol–water partition coefficient (Wildman–Crippen LogP) is 4.42. The molecule has 0 N–H and O–H groups in total. The topological polar surface area (TPSA) is 26.3 Å². The van der Waals surface area contributed by atoms with Crippen molar-refractivity contribution in [3.8, 4) is 5.75 Å². The highest BCUT2D eigenvalue weighted by molar-refractivity contribution is 9.10. The van der Waals surface area contributed by atoms with E-state index in [1.54, 1.807) is 48.8 Å². The van der Waals surface area contributed by atoms with E-state index in [9.17, 15) is 4.79 Å².